The second kappa shape index (κ2) is 4.96. The van der Waals surface area contributed by atoms with Crippen LogP contribution in [0.3, 0.4) is 0 Å². The Balaban J connectivity index is 2.38. The number of carbonyl (C=O) groups excluding carboxylic acids is 1. The van der Waals surface area contributed by atoms with Gasteiger partial charge in [0.1, 0.15) is 0 Å². The Morgan fingerprint density at radius 1 is 1.00 bits per heavy atom. The molecule has 0 bridgehead atoms. The lowest BCUT2D eigenvalue weighted by Crippen LogP contribution is -2.03. The van der Waals surface area contributed by atoms with Crippen LogP contribution >= 0.6 is 0 Å². The molecule has 0 aliphatic heterocycles. The van der Waals surface area contributed by atoms with Crippen LogP contribution in [0.5, 0.6) is 0 Å². The number of hydrogen-bond acceptors (Lipinski definition) is 2. The molecular formula is C14H11F2NO. The van der Waals surface area contributed by atoms with E-state index in [2.05, 4.69) is 5.32 Å². The van der Waals surface area contributed by atoms with Crippen molar-refractivity contribution < 1.29 is 13.6 Å². The molecule has 0 saturated carbocycles. The number of nitrogens with one attached hydrogen (secondary N) is 1. The molecule has 0 aliphatic carbocycles. The van der Waals surface area contributed by atoms with Gasteiger partial charge in [-0.1, -0.05) is 12.1 Å². The average Bonchev–Trinajstić information content (AvgIpc) is 2.41. The maximum atomic E-state index is 13.1. The molecule has 0 heterocycles. The first-order chi connectivity index (χ1) is 8.61. The van der Waals surface area contributed by atoms with Gasteiger partial charge in [-0.2, -0.15) is 0 Å². The van der Waals surface area contributed by atoms with Crippen LogP contribution in [0.25, 0.3) is 0 Å². The molecule has 0 fully saturated rings. The highest BCUT2D eigenvalue weighted by Gasteiger charge is 2.12. The molecule has 0 amide bonds. The largest absolute Gasteiger partial charge is 0.388 e. The van der Waals surface area contributed by atoms with Crippen LogP contribution in [0.1, 0.15) is 15.9 Å². The molecular weight excluding hydrogens is 236 g/mol. The molecule has 92 valence electrons. The molecule has 0 aliphatic rings. The first-order valence-corrected chi connectivity index (χ1v) is 5.39. The van der Waals surface area contributed by atoms with Crippen molar-refractivity contribution in [2.24, 2.45) is 0 Å². The molecule has 2 nitrogen and oxygen atoms in total. The van der Waals surface area contributed by atoms with Crippen LogP contribution in [0.4, 0.5) is 14.5 Å². The lowest BCUT2D eigenvalue weighted by Gasteiger charge is -2.04. The van der Waals surface area contributed by atoms with E-state index < -0.39 is 11.6 Å². The topological polar surface area (TPSA) is 29.1 Å². The zero-order valence-electron chi connectivity index (χ0n) is 9.71. The summed E-state index contributed by atoms with van der Waals surface area (Å²) in [6.07, 6.45) is 0. The fourth-order valence-electron chi connectivity index (χ4n) is 1.62. The van der Waals surface area contributed by atoms with Gasteiger partial charge < -0.3 is 5.32 Å². The number of hydrogen-bond donors (Lipinski definition) is 1. The standard InChI is InChI=1S/C14H11F2NO/c1-17-11-4-2-3-9(7-11)14(18)10-5-6-12(15)13(16)8-10/h2-8,17H,1H3. The van der Waals surface area contributed by atoms with E-state index in [1.54, 1.807) is 25.2 Å². The maximum Gasteiger partial charge on any atom is 0.193 e. The monoisotopic (exact) mass is 247 g/mol. The molecule has 4 heteroatoms. The first-order valence-electron chi connectivity index (χ1n) is 5.39. The third-order valence-electron chi connectivity index (χ3n) is 2.60. The highest BCUT2D eigenvalue weighted by Crippen LogP contribution is 2.16. The van der Waals surface area contributed by atoms with E-state index in [4.69, 9.17) is 0 Å². The molecule has 1 N–H and O–H groups in total. The van der Waals surface area contributed by atoms with Crippen molar-refractivity contribution in [3.63, 3.8) is 0 Å². The molecule has 0 unspecified atom stereocenters. The third kappa shape index (κ3) is 2.37. The summed E-state index contributed by atoms with van der Waals surface area (Å²) < 4.78 is 25.8. The van der Waals surface area contributed by atoms with Gasteiger partial charge in [0.15, 0.2) is 17.4 Å². The molecule has 2 rings (SSSR count). The molecule has 0 aromatic heterocycles. The predicted molar refractivity (Wildman–Crippen MR) is 65.8 cm³/mol. The second-order valence-corrected chi connectivity index (χ2v) is 3.79. The summed E-state index contributed by atoms with van der Waals surface area (Å²) in [6.45, 7) is 0. The van der Waals surface area contributed by atoms with Crippen LogP contribution in [-0.4, -0.2) is 12.8 Å². The summed E-state index contributed by atoms with van der Waals surface area (Å²) in [4.78, 5) is 12.1. The molecule has 18 heavy (non-hydrogen) atoms. The first kappa shape index (κ1) is 12.2. The Labute approximate surface area is 103 Å². The number of rotatable bonds is 3. The molecule has 0 atom stereocenters. The molecule has 2 aromatic rings. The fraction of sp³-hybridized carbons (Fsp3) is 0.0714. The smallest absolute Gasteiger partial charge is 0.193 e. The van der Waals surface area contributed by atoms with Gasteiger partial charge in [-0.3, -0.25) is 4.79 Å². The van der Waals surface area contributed by atoms with Crippen molar-refractivity contribution in [1.29, 1.82) is 0 Å². The van der Waals surface area contributed by atoms with Crippen molar-refractivity contribution in [1.82, 2.24) is 0 Å². The van der Waals surface area contributed by atoms with E-state index in [0.717, 1.165) is 17.8 Å². The number of ketones is 1. The summed E-state index contributed by atoms with van der Waals surface area (Å²) in [7, 11) is 1.74. The molecule has 0 radical (unpaired) electrons. The Morgan fingerprint density at radius 2 is 1.72 bits per heavy atom. The van der Waals surface area contributed by atoms with Gasteiger partial charge in [0.05, 0.1) is 0 Å². The quantitative estimate of drug-likeness (QED) is 0.843. The van der Waals surface area contributed by atoms with Gasteiger partial charge in [0.25, 0.3) is 0 Å². The van der Waals surface area contributed by atoms with Gasteiger partial charge in [0, 0.05) is 23.9 Å². The van der Waals surface area contributed by atoms with Crippen LogP contribution in [0.2, 0.25) is 0 Å². The van der Waals surface area contributed by atoms with E-state index in [1.807, 2.05) is 6.07 Å². The Morgan fingerprint density at radius 3 is 2.39 bits per heavy atom. The minimum absolute atomic E-state index is 0.127. The Hall–Kier alpha value is -2.23. The lowest BCUT2D eigenvalue weighted by molar-refractivity contribution is 0.103. The fourth-order valence-corrected chi connectivity index (χ4v) is 1.62. The maximum absolute atomic E-state index is 13.1. The zero-order chi connectivity index (χ0) is 13.1. The lowest BCUT2D eigenvalue weighted by atomic mass is 10.0. The van der Waals surface area contributed by atoms with Gasteiger partial charge in [-0.25, -0.2) is 8.78 Å². The zero-order valence-corrected chi connectivity index (χ0v) is 9.71. The molecule has 2 aromatic carbocycles. The van der Waals surface area contributed by atoms with Crippen molar-refractivity contribution in [2.75, 3.05) is 12.4 Å². The Bertz CT molecular complexity index is 596. The van der Waals surface area contributed by atoms with Crippen molar-refractivity contribution >= 4 is 11.5 Å². The summed E-state index contributed by atoms with van der Waals surface area (Å²) >= 11 is 0. The van der Waals surface area contributed by atoms with E-state index in [-0.39, 0.29) is 11.3 Å². The average molecular weight is 247 g/mol. The number of benzene rings is 2. The van der Waals surface area contributed by atoms with Crippen LogP contribution in [0, 0.1) is 11.6 Å². The summed E-state index contributed by atoms with van der Waals surface area (Å²) in [5.74, 6) is -2.33. The molecule has 0 spiro atoms. The summed E-state index contributed by atoms with van der Waals surface area (Å²) in [6, 6.07) is 9.94. The minimum Gasteiger partial charge on any atom is -0.388 e. The van der Waals surface area contributed by atoms with Gasteiger partial charge >= 0.3 is 0 Å². The number of carbonyl (C=O) groups is 1. The summed E-state index contributed by atoms with van der Waals surface area (Å²) in [5.41, 5.74) is 1.33. The normalized spacial score (nSPS) is 10.2. The predicted octanol–water partition coefficient (Wildman–Crippen LogP) is 3.24. The highest BCUT2D eigenvalue weighted by molar-refractivity contribution is 6.09. The minimum atomic E-state index is -1.02. The number of halogens is 2. The van der Waals surface area contributed by atoms with Crippen LogP contribution in [-0.2, 0) is 0 Å². The van der Waals surface area contributed by atoms with Gasteiger partial charge in [-0.15, -0.1) is 0 Å². The van der Waals surface area contributed by atoms with Crippen LogP contribution in [0.15, 0.2) is 42.5 Å². The highest BCUT2D eigenvalue weighted by atomic mass is 19.2. The summed E-state index contributed by atoms with van der Waals surface area (Å²) in [5, 5.41) is 2.91. The van der Waals surface area contributed by atoms with Crippen molar-refractivity contribution in [2.45, 2.75) is 0 Å². The van der Waals surface area contributed by atoms with Crippen molar-refractivity contribution in [3.05, 3.63) is 65.2 Å². The van der Waals surface area contributed by atoms with Gasteiger partial charge in [-0.05, 0) is 30.3 Å². The van der Waals surface area contributed by atoms with Crippen LogP contribution < -0.4 is 5.32 Å². The SMILES string of the molecule is CNc1cccc(C(=O)c2ccc(F)c(F)c2)c1. The van der Waals surface area contributed by atoms with E-state index in [1.165, 1.54) is 6.07 Å². The van der Waals surface area contributed by atoms with E-state index in [0.29, 0.717) is 5.56 Å². The van der Waals surface area contributed by atoms with E-state index in [9.17, 15) is 13.6 Å². The van der Waals surface area contributed by atoms with E-state index >= 15 is 0 Å². The van der Waals surface area contributed by atoms with Crippen molar-refractivity contribution in [3.8, 4) is 0 Å². The third-order valence-corrected chi connectivity index (χ3v) is 2.60. The second-order valence-electron chi connectivity index (χ2n) is 3.79. The number of anilines is 1. The van der Waals surface area contributed by atoms with Gasteiger partial charge in [0.2, 0.25) is 0 Å². The molecule has 0 saturated heterocycles. The Kier molecular flexibility index (Phi) is 3.37.